The van der Waals surface area contributed by atoms with Crippen LogP contribution in [-0.4, -0.2) is 40.5 Å². The van der Waals surface area contributed by atoms with Crippen LogP contribution in [0.3, 0.4) is 0 Å². The summed E-state index contributed by atoms with van der Waals surface area (Å²) in [6.07, 6.45) is 4.28. The molecule has 1 aromatic heterocycles. The van der Waals surface area contributed by atoms with E-state index in [1.165, 1.54) is 6.07 Å². The molecule has 0 radical (unpaired) electrons. The quantitative estimate of drug-likeness (QED) is 0.841. The zero-order valence-corrected chi connectivity index (χ0v) is 16.0. The predicted octanol–water partition coefficient (Wildman–Crippen LogP) is 3.07. The number of rotatable bonds is 6. The van der Waals surface area contributed by atoms with Gasteiger partial charge in [0.25, 0.3) is 0 Å². The average molecular weight is 375 g/mol. The average Bonchev–Trinajstić information content (AvgIpc) is 3.06. The zero-order valence-electron chi connectivity index (χ0n) is 15.1. The van der Waals surface area contributed by atoms with Crippen LogP contribution in [-0.2, 0) is 11.2 Å². The second-order valence-corrected chi connectivity index (χ2v) is 7.32. The number of halogens is 1. The minimum Gasteiger partial charge on any atom is -0.487 e. The standard InChI is InChI=1S/C19H22FN3O2S/c1-11-9-21-12(2)18(23-11)14-4-5-16(20)15-8-13(25-19(14)15)10-22-17(24)6-7-26-3/h4-5,9,13H,6-8,10H2,1-3H3,(H,22,24). The number of fused-ring (bicyclic) bond motifs is 1. The summed E-state index contributed by atoms with van der Waals surface area (Å²) in [5.41, 5.74) is 3.53. The van der Waals surface area contributed by atoms with Gasteiger partial charge in [0.2, 0.25) is 5.91 Å². The molecule has 3 rings (SSSR count). The normalized spacial score (nSPS) is 15.5. The van der Waals surface area contributed by atoms with Crippen LogP contribution < -0.4 is 10.1 Å². The molecule has 0 fully saturated rings. The molecule has 1 unspecified atom stereocenters. The van der Waals surface area contributed by atoms with Gasteiger partial charge in [0.1, 0.15) is 17.7 Å². The number of hydrogen-bond donors (Lipinski definition) is 1. The van der Waals surface area contributed by atoms with Crippen LogP contribution in [0.2, 0.25) is 0 Å². The summed E-state index contributed by atoms with van der Waals surface area (Å²) >= 11 is 1.63. The molecule has 5 nitrogen and oxygen atoms in total. The molecular weight excluding hydrogens is 353 g/mol. The summed E-state index contributed by atoms with van der Waals surface area (Å²) in [4.78, 5) is 20.7. The fourth-order valence-corrected chi connectivity index (χ4v) is 3.36. The van der Waals surface area contributed by atoms with Gasteiger partial charge in [0.05, 0.1) is 23.6 Å². The van der Waals surface area contributed by atoms with E-state index in [-0.39, 0.29) is 17.8 Å². The molecule has 1 atom stereocenters. The van der Waals surface area contributed by atoms with Crippen molar-refractivity contribution in [3.8, 4) is 17.0 Å². The van der Waals surface area contributed by atoms with Crippen molar-refractivity contribution < 1.29 is 13.9 Å². The highest BCUT2D eigenvalue weighted by atomic mass is 32.2. The van der Waals surface area contributed by atoms with Crippen molar-refractivity contribution in [2.75, 3.05) is 18.6 Å². The molecular formula is C19H22FN3O2S. The van der Waals surface area contributed by atoms with Crippen molar-refractivity contribution in [2.24, 2.45) is 0 Å². The summed E-state index contributed by atoms with van der Waals surface area (Å²) < 4.78 is 20.3. The van der Waals surface area contributed by atoms with Gasteiger partial charge in [-0.15, -0.1) is 0 Å². The number of carbonyl (C=O) groups is 1. The smallest absolute Gasteiger partial charge is 0.220 e. The molecule has 1 aromatic carbocycles. The lowest BCUT2D eigenvalue weighted by Gasteiger charge is -2.14. The van der Waals surface area contributed by atoms with E-state index in [0.29, 0.717) is 36.4 Å². The minimum atomic E-state index is -0.293. The van der Waals surface area contributed by atoms with E-state index in [1.54, 1.807) is 24.0 Å². The number of aromatic nitrogens is 2. The first-order valence-electron chi connectivity index (χ1n) is 8.54. The Morgan fingerprint density at radius 3 is 3.00 bits per heavy atom. The third kappa shape index (κ3) is 3.98. The first-order valence-corrected chi connectivity index (χ1v) is 9.93. The molecule has 138 valence electrons. The number of nitrogens with zero attached hydrogens (tertiary/aromatic N) is 2. The van der Waals surface area contributed by atoms with Gasteiger partial charge in [-0.1, -0.05) is 0 Å². The van der Waals surface area contributed by atoms with Gasteiger partial charge >= 0.3 is 0 Å². The lowest BCUT2D eigenvalue weighted by molar-refractivity contribution is -0.121. The molecule has 0 spiro atoms. The summed E-state index contributed by atoms with van der Waals surface area (Å²) in [5.74, 6) is 0.983. The first-order chi connectivity index (χ1) is 12.5. The Hall–Kier alpha value is -2.15. The number of carbonyl (C=O) groups excluding carboxylic acids is 1. The molecule has 1 aliphatic heterocycles. The van der Waals surface area contributed by atoms with Crippen molar-refractivity contribution >= 4 is 17.7 Å². The molecule has 7 heteroatoms. The summed E-state index contributed by atoms with van der Waals surface area (Å²) in [7, 11) is 0. The van der Waals surface area contributed by atoms with Gasteiger partial charge in [0.15, 0.2) is 0 Å². The van der Waals surface area contributed by atoms with Crippen LogP contribution in [0.15, 0.2) is 18.3 Å². The zero-order chi connectivity index (χ0) is 18.7. The highest BCUT2D eigenvalue weighted by Gasteiger charge is 2.30. The van der Waals surface area contributed by atoms with Crippen LogP contribution in [0.25, 0.3) is 11.3 Å². The van der Waals surface area contributed by atoms with Crippen LogP contribution in [0.5, 0.6) is 5.75 Å². The minimum absolute atomic E-state index is 0.0139. The maximum atomic E-state index is 14.3. The van der Waals surface area contributed by atoms with Gasteiger partial charge in [-0.3, -0.25) is 9.78 Å². The van der Waals surface area contributed by atoms with E-state index < -0.39 is 0 Å². The second-order valence-electron chi connectivity index (χ2n) is 6.34. The number of aryl methyl sites for hydroxylation is 2. The van der Waals surface area contributed by atoms with Crippen LogP contribution in [0.4, 0.5) is 4.39 Å². The largest absolute Gasteiger partial charge is 0.487 e. The lowest BCUT2D eigenvalue weighted by Crippen LogP contribution is -2.34. The summed E-state index contributed by atoms with van der Waals surface area (Å²) in [6.45, 7) is 4.10. The van der Waals surface area contributed by atoms with Crippen molar-refractivity contribution in [3.05, 3.63) is 41.1 Å². The number of thioether (sulfide) groups is 1. The fraction of sp³-hybridized carbons (Fsp3) is 0.421. The van der Waals surface area contributed by atoms with Gasteiger partial charge in [0, 0.05) is 35.9 Å². The number of benzene rings is 1. The number of nitrogens with one attached hydrogen (secondary N) is 1. The van der Waals surface area contributed by atoms with E-state index in [0.717, 1.165) is 22.7 Å². The molecule has 26 heavy (non-hydrogen) atoms. The number of ether oxygens (including phenoxy) is 1. The molecule has 1 N–H and O–H groups in total. The monoisotopic (exact) mass is 375 g/mol. The SMILES string of the molecule is CSCCC(=O)NCC1Cc2c(F)ccc(-c3nc(C)cnc3C)c2O1. The van der Waals surface area contributed by atoms with E-state index in [4.69, 9.17) is 4.74 Å². The van der Waals surface area contributed by atoms with Gasteiger partial charge in [-0.2, -0.15) is 11.8 Å². The Morgan fingerprint density at radius 2 is 2.23 bits per heavy atom. The van der Waals surface area contributed by atoms with Gasteiger partial charge < -0.3 is 10.1 Å². The molecule has 1 amide bonds. The number of hydrogen-bond acceptors (Lipinski definition) is 5. The highest BCUT2D eigenvalue weighted by molar-refractivity contribution is 7.98. The second kappa shape index (κ2) is 8.03. The Balaban J connectivity index is 1.80. The Morgan fingerprint density at radius 1 is 1.42 bits per heavy atom. The van der Waals surface area contributed by atoms with Crippen LogP contribution >= 0.6 is 11.8 Å². The Labute approximate surface area is 156 Å². The maximum Gasteiger partial charge on any atom is 0.220 e. The first kappa shape index (κ1) is 18.6. The molecule has 0 saturated heterocycles. The lowest BCUT2D eigenvalue weighted by atomic mass is 10.0. The fourth-order valence-electron chi connectivity index (χ4n) is 2.97. The maximum absolute atomic E-state index is 14.3. The van der Waals surface area contributed by atoms with Crippen LogP contribution in [0.1, 0.15) is 23.4 Å². The van der Waals surface area contributed by atoms with Crippen molar-refractivity contribution in [1.82, 2.24) is 15.3 Å². The number of amides is 1. The Kier molecular flexibility index (Phi) is 5.76. The molecule has 1 aliphatic rings. The molecule has 0 saturated carbocycles. The van der Waals surface area contributed by atoms with E-state index >= 15 is 0 Å². The molecule has 2 aromatic rings. The van der Waals surface area contributed by atoms with Crippen LogP contribution in [0, 0.1) is 19.7 Å². The predicted molar refractivity (Wildman–Crippen MR) is 101 cm³/mol. The van der Waals surface area contributed by atoms with Crippen molar-refractivity contribution in [1.29, 1.82) is 0 Å². The van der Waals surface area contributed by atoms with Gasteiger partial charge in [-0.05, 0) is 32.2 Å². The molecule has 2 heterocycles. The molecule has 0 aliphatic carbocycles. The third-order valence-corrected chi connectivity index (χ3v) is 4.92. The van der Waals surface area contributed by atoms with E-state index in [1.807, 2.05) is 20.1 Å². The van der Waals surface area contributed by atoms with Crippen molar-refractivity contribution in [3.63, 3.8) is 0 Å². The van der Waals surface area contributed by atoms with Gasteiger partial charge in [-0.25, -0.2) is 9.37 Å². The highest BCUT2D eigenvalue weighted by Crippen LogP contribution is 2.40. The Bertz CT molecular complexity index is 829. The van der Waals surface area contributed by atoms with E-state index in [9.17, 15) is 9.18 Å². The topological polar surface area (TPSA) is 64.1 Å². The van der Waals surface area contributed by atoms with E-state index in [2.05, 4.69) is 15.3 Å². The summed E-state index contributed by atoms with van der Waals surface area (Å²) in [6, 6.07) is 3.13. The summed E-state index contributed by atoms with van der Waals surface area (Å²) in [5, 5.41) is 2.87. The third-order valence-electron chi connectivity index (χ3n) is 4.31. The molecule has 0 bridgehead atoms. The van der Waals surface area contributed by atoms with Crippen molar-refractivity contribution in [2.45, 2.75) is 32.8 Å².